The summed E-state index contributed by atoms with van der Waals surface area (Å²) in [6.45, 7) is 4.54. The minimum Gasteiger partial charge on any atom is -0.486 e. The number of rotatable bonds is 5. The van der Waals surface area contributed by atoms with E-state index in [4.69, 9.17) is 15.9 Å². The predicted octanol–water partition coefficient (Wildman–Crippen LogP) is 3.50. The number of benzene rings is 1. The molecule has 110 valence electrons. The van der Waals surface area contributed by atoms with Gasteiger partial charge in [0.15, 0.2) is 0 Å². The molecule has 0 radical (unpaired) electrons. The second-order valence-electron chi connectivity index (χ2n) is 5.57. The molecule has 0 saturated heterocycles. The Morgan fingerprint density at radius 3 is 2.81 bits per heavy atom. The summed E-state index contributed by atoms with van der Waals surface area (Å²) in [5, 5.41) is 8.56. The first-order valence-corrected chi connectivity index (χ1v) is 7.90. The number of nitrogens with zero attached hydrogens (tertiary/aromatic N) is 1. The summed E-state index contributed by atoms with van der Waals surface area (Å²) in [6.07, 6.45) is 2.31. The Kier molecular flexibility index (Phi) is 3.68. The van der Waals surface area contributed by atoms with Crippen molar-refractivity contribution in [3.05, 3.63) is 44.9 Å². The molecule has 1 fully saturated rings. The first-order chi connectivity index (χ1) is 10.0. The fourth-order valence-electron chi connectivity index (χ4n) is 2.37. The van der Waals surface area contributed by atoms with Gasteiger partial charge in [0, 0.05) is 5.92 Å². The van der Waals surface area contributed by atoms with E-state index in [1.165, 1.54) is 16.9 Å². The summed E-state index contributed by atoms with van der Waals surface area (Å²) < 4.78 is 5.86. The zero-order valence-corrected chi connectivity index (χ0v) is 13.1. The fraction of sp³-hybridized carbons (Fsp3) is 0.375. The first kappa shape index (κ1) is 14.1. The minimum absolute atomic E-state index is 0.118. The van der Waals surface area contributed by atoms with Crippen molar-refractivity contribution in [2.75, 3.05) is 0 Å². The van der Waals surface area contributed by atoms with Crippen LogP contribution in [0.2, 0.25) is 0 Å². The topological polar surface area (TPSA) is 72.0 Å². The molecule has 3 rings (SSSR count). The number of nitrogens with two attached hydrogens (primary N) is 1. The summed E-state index contributed by atoms with van der Waals surface area (Å²) in [4.78, 5) is 5.44. The van der Waals surface area contributed by atoms with E-state index >= 15 is 0 Å². The maximum Gasteiger partial charge on any atom is 0.140 e. The van der Waals surface area contributed by atoms with Gasteiger partial charge in [-0.2, -0.15) is 0 Å². The van der Waals surface area contributed by atoms with Gasteiger partial charge in [-0.15, -0.1) is 11.3 Å². The number of aryl methyl sites for hydroxylation is 2. The summed E-state index contributed by atoms with van der Waals surface area (Å²) in [7, 11) is 0. The molecule has 1 aliphatic rings. The molecule has 0 aliphatic heterocycles. The van der Waals surface area contributed by atoms with Gasteiger partial charge in [-0.05, 0) is 38.3 Å². The lowest BCUT2D eigenvalue weighted by Crippen LogP contribution is -2.11. The highest BCUT2D eigenvalue weighted by atomic mass is 32.1. The van der Waals surface area contributed by atoms with Crippen molar-refractivity contribution in [2.45, 2.75) is 39.2 Å². The Morgan fingerprint density at radius 1 is 1.43 bits per heavy atom. The maximum absolute atomic E-state index is 7.67. The molecule has 0 amide bonds. The lowest BCUT2D eigenvalue weighted by atomic mass is 10.1. The molecule has 2 aromatic rings. The van der Waals surface area contributed by atoms with Crippen molar-refractivity contribution < 1.29 is 4.74 Å². The quantitative estimate of drug-likeness (QED) is 0.656. The summed E-state index contributed by atoms with van der Waals surface area (Å²) in [5.41, 5.74) is 9.00. The van der Waals surface area contributed by atoms with Crippen molar-refractivity contribution in [3.63, 3.8) is 0 Å². The van der Waals surface area contributed by atoms with Gasteiger partial charge in [0.2, 0.25) is 0 Å². The highest BCUT2D eigenvalue weighted by molar-refractivity contribution is 7.13. The largest absolute Gasteiger partial charge is 0.486 e. The normalized spacial score (nSPS) is 14.2. The van der Waals surface area contributed by atoms with E-state index in [0.29, 0.717) is 12.5 Å². The SMILES string of the molecule is Cc1ccc(OCc2nc(C3CC3)c(C(=N)N)s2)c(C)c1. The summed E-state index contributed by atoms with van der Waals surface area (Å²) in [6, 6.07) is 6.14. The van der Waals surface area contributed by atoms with Gasteiger partial charge < -0.3 is 10.5 Å². The highest BCUT2D eigenvalue weighted by Crippen LogP contribution is 2.42. The molecular formula is C16H19N3OS. The number of aromatic nitrogens is 1. The zero-order chi connectivity index (χ0) is 15.0. The van der Waals surface area contributed by atoms with Crippen molar-refractivity contribution in [1.29, 1.82) is 5.41 Å². The molecule has 1 saturated carbocycles. The number of ether oxygens (including phenoxy) is 1. The lowest BCUT2D eigenvalue weighted by Gasteiger charge is -2.08. The predicted molar refractivity (Wildman–Crippen MR) is 85.4 cm³/mol. The van der Waals surface area contributed by atoms with Crippen LogP contribution < -0.4 is 10.5 Å². The third kappa shape index (κ3) is 3.08. The van der Waals surface area contributed by atoms with Crippen LogP contribution >= 0.6 is 11.3 Å². The van der Waals surface area contributed by atoms with Gasteiger partial charge in [0.05, 0.1) is 10.6 Å². The van der Waals surface area contributed by atoms with Gasteiger partial charge >= 0.3 is 0 Å². The van der Waals surface area contributed by atoms with E-state index in [-0.39, 0.29) is 5.84 Å². The van der Waals surface area contributed by atoms with Gasteiger partial charge in [0.25, 0.3) is 0 Å². The molecule has 21 heavy (non-hydrogen) atoms. The average Bonchev–Trinajstić information content (AvgIpc) is 3.18. The van der Waals surface area contributed by atoms with Crippen LogP contribution in [0.15, 0.2) is 18.2 Å². The second kappa shape index (κ2) is 5.48. The van der Waals surface area contributed by atoms with E-state index in [0.717, 1.165) is 39.7 Å². The van der Waals surface area contributed by atoms with Gasteiger partial charge in [0.1, 0.15) is 23.2 Å². The van der Waals surface area contributed by atoms with E-state index in [1.54, 1.807) is 0 Å². The number of hydrogen-bond acceptors (Lipinski definition) is 4. The smallest absolute Gasteiger partial charge is 0.140 e. The average molecular weight is 301 g/mol. The molecule has 0 unspecified atom stereocenters. The standard InChI is InChI=1S/C16H19N3OS/c1-9-3-6-12(10(2)7-9)20-8-13-19-14(11-4-5-11)15(21-13)16(17)18/h3,6-7,11H,4-5,8H2,1-2H3,(H3,17,18). The molecule has 0 spiro atoms. The Labute approximate surface area is 128 Å². The van der Waals surface area contributed by atoms with Crippen LogP contribution in [0, 0.1) is 19.3 Å². The van der Waals surface area contributed by atoms with E-state index in [2.05, 4.69) is 18.0 Å². The van der Waals surface area contributed by atoms with Crippen molar-refractivity contribution in [1.82, 2.24) is 4.98 Å². The molecule has 5 heteroatoms. The molecular weight excluding hydrogens is 282 g/mol. The number of nitrogen functional groups attached to an aromatic ring is 1. The minimum atomic E-state index is 0.118. The van der Waals surface area contributed by atoms with Gasteiger partial charge in [-0.25, -0.2) is 4.98 Å². The van der Waals surface area contributed by atoms with Crippen LogP contribution in [0.4, 0.5) is 0 Å². The monoisotopic (exact) mass is 301 g/mol. The van der Waals surface area contributed by atoms with Crippen molar-refractivity contribution in [3.8, 4) is 5.75 Å². The molecule has 4 nitrogen and oxygen atoms in total. The van der Waals surface area contributed by atoms with Crippen LogP contribution in [0.1, 0.15) is 45.5 Å². The van der Waals surface area contributed by atoms with Gasteiger partial charge in [-0.1, -0.05) is 17.7 Å². The highest BCUT2D eigenvalue weighted by Gasteiger charge is 2.30. The maximum atomic E-state index is 7.67. The second-order valence-corrected chi connectivity index (χ2v) is 6.65. The Hall–Kier alpha value is -1.88. The molecule has 0 atom stereocenters. The fourth-order valence-corrected chi connectivity index (χ4v) is 3.29. The Balaban J connectivity index is 1.76. The van der Waals surface area contributed by atoms with Crippen LogP contribution in [-0.4, -0.2) is 10.8 Å². The van der Waals surface area contributed by atoms with E-state index < -0.39 is 0 Å². The molecule has 3 N–H and O–H groups in total. The molecule has 0 bridgehead atoms. The molecule has 1 aromatic heterocycles. The first-order valence-electron chi connectivity index (χ1n) is 7.08. The Bertz CT molecular complexity index is 689. The zero-order valence-electron chi connectivity index (χ0n) is 12.3. The van der Waals surface area contributed by atoms with Crippen LogP contribution in [-0.2, 0) is 6.61 Å². The molecule has 1 heterocycles. The molecule has 1 aromatic carbocycles. The number of nitrogens with one attached hydrogen (secondary N) is 1. The van der Waals surface area contributed by atoms with E-state index in [1.807, 2.05) is 19.1 Å². The van der Waals surface area contributed by atoms with Crippen molar-refractivity contribution in [2.24, 2.45) is 5.73 Å². The summed E-state index contributed by atoms with van der Waals surface area (Å²) >= 11 is 1.48. The van der Waals surface area contributed by atoms with Crippen LogP contribution in [0.25, 0.3) is 0 Å². The Morgan fingerprint density at radius 2 is 2.19 bits per heavy atom. The van der Waals surface area contributed by atoms with E-state index in [9.17, 15) is 0 Å². The summed E-state index contributed by atoms with van der Waals surface area (Å²) in [5.74, 6) is 1.50. The number of amidine groups is 1. The van der Waals surface area contributed by atoms with Gasteiger partial charge in [-0.3, -0.25) is 5.41 Å². The van der Waals surface area contributed by atoms with Crippen molar-refractivity contribution >= 4 is 17.2 Å². The third-order valence-electron chi connectivity index (χ3n) is 3.59. The van der Waals surface area contributed by atoms with Crippen LogP contribution in [0.3, 0.4) is 0 Å². The number of hydrogen-bond donors (Lipinski definition) is 2. The molecule has 1 aliphatic carbocycles. The van der Waals surface area contributed by atoms with Crippen LogP contribution in [0.5, 0.6) is 5.75 Å². The lowest BCUT2D eigenvalue weighted by molar-refractivity contribution is 0.303. The third-order valence-corrected chi connectivity index (χ3v) is 4.67. The number of thiazole rings is 1.